The molecule has 1 aromatic carbocycles. The van der Waals surface area contributed by atoms with Crippen molar-refractivity contribution in [2.75, 3.05) is 18.4 Å². The number of likely N-dealkylation sites (tertiary alicyclic amines) is 1. The quantitative estimate of drug-likeness (QED) is 0.904. The first kappa shape index (κ1) is 13.7. The molecule has 100 valence electrons. The number of carbonyl (C=O) groups is 1. The Kier molecular flexibility index (Phi) is 4.28. The van der Waals surface area contributed by atoms with Crippen molar-refractivity contribution < 1.29 is 4.79 Å². The van der Waals surface area contributed by atoms with Crippen molar-refractivity contribution in [1.82, 2.24) is 4.90 Å². The molecule has 1 fully saturated rings. The van der Waals surface area contributed by atoms with Gasteiger partial charge in [0.2, 0.25) is 5.91 Å². The first-order valence-electron chi connectivity index (χ1n) is 6.32. The smallest absolute Gasteiger partial charge is 0.219 e. The molecule has 0 atom stereocenters. The lowest BCUT2D eigenvalue weighted by molar-refractivity contribution is -0.129. The standard InChI is InChI=1S/C14H16ClN3O/c1-10(19)18-6-4-12(5-7-18)17-14-3-2-11(9-16)8-13(14)15/h2-3,8,12,17H,4-7H2,1H3. The number of halogens is 1. The van der Waals surface area contributed by atoms with Crippen LogP contribution in [-0.2, 0) is 4.79 Å². The van der Waals surface area contributed by atoms with E-state index in [1.807, 2.05) is 11.0 Å². The number of piperidine rings is 1. The van der Waals surface area contributed by atoms with Gasteiger partial charge in [0.25, 0.3) is 0 Å². The summed E-state index contributed by atoms with van der Waals surface area (Å²) in [7, 11) is 0. The van der Waals surface area contributed by atoms with Gasteiger partial charge in [-0.2, -0.15) is 5.26 Å². The Morgan fingerprint density at radius 3 is 2.68 bits per heavy atom. The summed E-state index contributed by atoms with van der Waals surface area (Å²) >= 11 is 6.13. The van der Waals surface area contributed by atoms with Crippen molar-refractivity contribution in [3.05, 3.63) is 28.8 Å². The molecule has 0 bridgehead atoms. The van der Waals surface area contributed by atoms with Gasteiger partial charge in [0, 0.05) is 26.1 Å². The minimum absolute atomic E-state index is 0.134. The lowest BCUT2D eigenvalue weighted by Gasteiger charge is -2.32. The van der Waals surface area contributed by atoms with Gasteiger partial charge in [-0.25, -0.2) is 0 Å². The second-order valence-electron chi connectivity index (χ2n) is 4.73. The van der Waals surface area contributed by atoms with E-state index in [0.717, 1.165) is 31.6 Å². The Morgan fingerprint density at radius 1 is 1.47 bits per heavy atom. The molecule has 19 heavy (non-hydrogen) atoms. The van der Waals surface area contributed by atoms with E-state index in [4.69, 9.17) is 16.9 Å². The number of nitriles is 1. The van der Waals surface area contributed by atoms with Crippen LogP contribution in [0, 0.1) is 11.3 Å². The summed E-state index contributed by atoms with van der Waals surface area (Å²) in [5.74, 6) is 0.134. The first-order chi connectivity index (χ1) is 9.10. The van der Waals surface area contributed by atoms with Crippen molar-refractivity contribution in [2.45, 2.75) is 25.8 Å². The second kappa shape index (κ2) is 5.94. The maximum absolute atomic E-state index is 11.2. The maximum atomic E-state index is 11.2. The van der Waals surface area contributed by atoms with Crippen LogP contribution in [0.1, 0.15) is 25.3 Å². The lowest BCUT2D eigenvalue weighted by Crippen LogP contribution is -2.41. The van der Waals surface area contributed by atoms with Crippen molar-refractivity contribution in [2.24, 2.45) is 0 Å². The minimum Gasteiger partial charge on any atom is -0.381 e. The van der Waals surface area contributed by atoms with Crippen LogP contribution in [0.5, 0.6) is 0 Å². The van der Waals surface area contributed by atoms with Crippen LogP contribution in [0.2, 0.25) is 5.02 Å². The van der Waals surface area contributed by atoms with Crippen molar-refractivity contribution in [1.29, 1.82) is 5.26 Å². The molecule has 1 heterocycles. The number of hydrogen-bond donors (Lipinski definition) is 1. The van der Waals surface area contributed by atoms with Crippen LogP contribution >= 0.6 is 11.6 Å². The first-order valence-corrected chi connectivity index (χ1v) is 6.69. The Balaban J connectivity index is 1.96. The van der Waals surface area contributed by atoms with Crippen molar-refractivity contribution >= 4 is 23.2 Å². The number of nitrogens with one attached hydrogen (secondary N) is 1. The van der Waals surface area contributed by atoms with E-state index in [9.17, 15) is 4.79 Å². The molecule has 2 rings (SSSR count). The summed E-state index contributed by atoms with van der Waals surface area (Å²) in [4.78, 5) is 13.1. The number of nitrogens with zero attached hydrogens (tertiary/aromatic N) is 2. The third-order valence-electron chi connectivity index (χ3n) is 3.40. The van der Waals surface area contributed by atoms with E-state index in [-0.39, 0.29) is 5.91 Å². The fourth-order valence-electron chi connectivity index (χ4n) is 2.26. The number of carbonyl (C=O) groups excluding carboxylic acids is 1. The fourth-order valence-corrected chi connectivity index (χ4v) is 2.50. The van der Waals surface area contributed by atoms with Gasteiger partial charge in [0.1, 0.15) is 0 Å². The highest BCUT2D eigenvalue weighted by Gasteiger charge is 2.20. The highest BCUT2D eigenvalue weighted by molar-refractivity contribution is 6.33. The highest BCUT2D eigenvalue weighted by atomic mass is 35.5. The van der Waals surface area contributed by atoms with E-state index in [0.29, 0.717) is 16.6 Å². The number of benzene rings is 1. The largest absolute Gasteiger partial charge is 0.381 e. The molecule has 0 spiro atoms. The number of anilines is 1. The minimum atomic E-state index is 0.134. The fraction of sp³-hybridized carbons (Fsp3) is 0.429. The summed E-state index contributed by atoms with van der Waals surface area (Å²) in [6.45, 7) is 3.16. The summed E-state index contributed by atoms with van der Waals surface area (Å²) in [6, 6.07) is 7.62. The zero-order chi connectivity index (χ0) is 13.8. The molecule has 1 amide bonds. The third kappa shape index (κ3) is 3.39. The molecule has 1 saturated heterocycles. The lowest BCUT2D eigenvalue weighted by atomic mass is 10.0. The molecule has 0 radical (unpaired) electrons. The molecule has 5 heteroatoms. The van der Waals surface area contributed by atoms with E-state index in [1.165, 1.54) is 0 Å². The average molecular weight is 278 g/mol. The second-order valence-corrected chi connectivity index (χ2v) is 5.14. The SMILES string of the molecule is CC(=O)N1CCC(Nc2ccc(C#N)cc2Cl)CC1. The van der Waals surface area contributed by atoms with Gasteiger partial charge in [0.05, 0.1) is 22.3 Å². The summed E-state index contributed by atoms with van der Waals surface area (Å²) in [5, 5.41) is 12.7. The molecule has 0 aliphatic carbocycles. The Morgan fingerprint density at radius 2 is 2.16 bits per heavy atom. The van der Waals surface area contributed by atoms with Crippen LogP contribution in [0.4, 0.5) is 5.69 Å². The summed E-state index contributed by atoms with van der Waals surface area (Å²) in [6.07, 6.45) is 1.83. The van der Waals surface area contributed by atoms with Crippen LogP contribution < -0.4 is 5.32 Å². The van der Waals surface area contributed by atoms with E-state index in [2.05, 4.69) is 11.4 Å². The van der Waals surface area contributed by atoms with Gasteiger partial charge in [-0.05, 0) is 31.0 Å². The molecular weight excluding hydrogens is 262 g/mol. The third-order valence-corrected chi connectivity index (χ3v) is 3.71. The molecule has 0 saturated carbocycles. The highest BCUT2D eigenvalue weighted by Crippen LogP contribution is 2.25. The topological polar surface area (TPSA) is 56.1 Å². The molecule has 1 N–H and O–H groups in total. The van der Waals surface area contributed by atoms with Crippen LogP contribution in [0.15, 0.2) is 18.2 Å². The maximum Gasteiger partial charge on any atom is 0.219 e. The molecular formula is C14H16ClN3O. The van der Waals surface area contributed by atoms with Gasteiger partial charge in [-0.15, -0.1) is 0 Å². The van der Waals surface area contributed by atoms with Gasteiger partial charge in [0.15, 0.2) is 0 Å². The van der Waals surface area contributed by atoms with Crippen LogP contribution in [-0.4, -0.2) is 29.9 Å². The summed E-state index contributed by atoms with van der Waals surface area (Å²) < 4.78 is 0. The monoisotopic (exact) mass is 277 g/mol. The van der Waals surface area contributed by atoms with Crippen LogP contribution in [0.25, 0.3) is 0 Å². The Labute approximate surface area is 118 Å². The predicted molar refractivity (Wildman–Crippen MR) is 75.1 cm³/mol. The van der Waals surface area contributed by atoms with Crippen LogP contribution in [0.3, 0.4) is 0 Å². The van der Waals surface area contributed by atoms with Gasteiger partial charge >= 0.3 is 0 Å². The molecule has 1 aromatic rings. The predicted octanol–water partition coefficient (Wildman–Crippen LogP) is 2.63. The number of rotatable bonds is 2. The zero-order valence-electron chi connectivity index (χ0n) is 10.8. The average Bonchev–Trinajstić information content (AvgIpc) is 2.41. The van der Waals surface area contributed by atoms with Crippen molar-refractivity contribution in [3.63, 3.8) is 0 Å². The molecule has 1 aliphatic rings. The molecule has 0 aromatic heterocycles. The summed E-state index contributed by atoms with van der Waals surface area (Å²) in [5.41, 5.74) is 1.41. The molecule has 0 unspecified atom stereocenters. The Bertz CT molecular complexity index is 516. The number of amides is 1. The Hall–Kier alpha value is -1.73. The number of hydrogen-bond acceptors (Lipinski definition) is 3. The van der Waals surface area contributed by atoms with Gasteiger partial charge < -0.3 is 10.2 Å². The molecule has 4 nitrogen and oxygen atoms in total. The molecule has 1 aliphatic heterocycles. The normalized spacial score (nSPS) is 15.9. The van der Waals surface area contributed by atoms with Gasteiger partial charge in [-0.3, -0.25) is 4.79 Å². The van der Waals surface area contributed by atoms with E-state index < -0.39 is 0 Å². The van der Waals surface area contributed by atoms with E-state index in [1.54, 1.807) is 19.1 Å². The van der Waals surface area contributed by atoms with Gasteiger partial charge in [-0.1, -0.05) is 11.6 Å². The van der Waals surface area contributed by atoms with Crippen molar-refractivity contribution in [3.8, 4) is 6.07 Å². The zero-order valence-corrected chi connectivity index (χ0v) is 11.6. The van der Waals surface area contributed by atoms with E-state index >= 15 is 0 Å².